The smallest absolute Gasteiger partial charge is 0.251 e. The SMILES string of the molecule is CC(=O)C1(c2ccccc2)CCN(C(=O)CNC(=O)c2ccc(CC(C)C)cc2)CC1. The lowest BCUT2D eigenvalue weighted by Crippen LogP contribution is -2.50. The number of carbonyl (C=O) groups is 3. The number of carbonyl (C=O) groups excluding carboxylic acids is 3. The van der Waals surface area contributed by atoms with Crippen LogP contribution in [0.15, 0.2) is 54.6 Å². The maximum absolute atomic E-state index is 12.7. The molecule has 0 spiro atoms. The Labute approximate surface area is 184 Å². The van der Waals surface area contributed by atoms with Gasteiger partial charge in [-0.05, 0) is 55.4 Å². The summed E-state index contributed by atoms with van der Waals surface area (Å²) < 4.78 is 0. The summed E-state index contributed by atoms with van der Waals surface area (Å²) in [5.41, 5.74) is 2.24. The summed E-state index contributed by atoms with van der Waals surface area (Å²) in [5.74, 6) is 0.337. The van der Waals surface area contributed by atoms with E-state index in [-0.39, 0.29) is 24.1 Å². The molecule has 1 saturated heterocycles. The quantitative estimate of drug-likeness (QED) is 0.742. The molecular weight excluding hydrogens is 388 g/mol. The molecule has 1 aliphatic heterocycles. The van der Waals surface area contributed by atoms with Crippen molar-refractivity contribution in [3.63, 3.8) is 0 Å². The summed E-state index contributed by atoms with van der Waals surface area (Å²) in [6, 6.07) is 17.4. The number of Topliss-reactive ketones (excluding diaryl/α,β-unsaturated/α-hetero) is 1. The Morgan fingerprint density at radius 3 is 2.13 bits per heavy atom. The maximum Gasteiger partial charge on any atom is 0.251 e. The number of rotatable bonds is 7. The molecule has 0 radical (unpaired) electrons. The molecule has 164 valence electrons. The predicted octanol–water partition coefficient (Wildman–Crippen LogP) is 3.76. The lowest BCUT2D eigenvalue weighted by molar-refractivity contribution is -0.134. The van der Waals surface area contributed by atoms with E-state index in [4.69, 9.17) is 0 Å². The second kappa shape index (κ2) is 9.90. The van der Waals surface area contributed by atoms with Crippen molar-refractivity contribution in [3.8, 4) is 0 Å². The normalized spacial score (nSPS) is 15.5. The van der Waals surface area contributed by atoms with Crippen LogP contribution in [0.1, 0.15) is 55.1 Å². The predicted molar refractivity (Wildman–Crippen MR) is 122 cm³/mol. The molecule has 1 heterocycles. The van der Waals surface area contributed by atoms with Crippen LogP contribution in [0.3, 0.4) is 0 Å². The van der Waals surface area contributed by atoms with Crippen LogP contribution in [0, 0.1) is 5.92 Å². The standard InChI is InChI=1S/C26H32N2O3/c1-19(2)17-21-9-11-22(12-10-21)25(31)27-18-24(30)28-15-13-26(14-16-28,20(3)29)23-7-5-4-6-8-23/h4-12,19H,13-18H2,1-3H3,(H,27,31). The molecule has 1 fully saturated rings. The number of amides is 2. The minimum Gasteiger partial charge on any atom is -0.343 e. The van der Waals surface area contributed by atoms with Crippen LogP contribution in [-0.2, 0) is 21.4 Å². The molecule has 0 unspecified atom stereocenters. The Kier molecular flexibility index (Phi) is 7.26. The number of benzene rings is 2. The van der Waals surface area contributed by atoms with Crippen molar-refractivity contribution in [2.75, 3.05) is 19.6 Å². The van der Waals surface area contributed by atoms with Gasteiger partial charge in [0.05, 0.1) is 12.0 Å². The minimum atomic E-state index is -0.529. The molecule has 5 heteroatoms. The lowest BCUT2D eigenvalue weighted by Gasteiger charge is -2.40. The third-order valence-electron chi connectivity index (χ3n) is 6.23. The van der Waals surface area contributed by atoms with Crippen LogP contribution in [-0.4, -0.2) is 42.1 Å². The second-order valence-electron chi connectivity index (χ2n) is 8.86. The van der Waals surface area contributed by atoms with Crippen molar-refractivity contribution in [1.82, 2.24) is 10.2 Å². The number of nitrogens with zero attached hydrogens (tertiary/aromatic N) is 1. The summed E-state index contributed by atoms with van der Waals surface area (Å²) in [5, 5.41) is 2.73. The van der Waals surface area contributed by atoms with Gasteiger partial charge in [0.15, 0.2) is 0 Å². The molecule has 0 saturated carbocycles. The minimum absolute atomic E-state index is 0.0367. The molecule has 1 N–H and O–H groups in total. The molecule has 31 heavy (non-hydrogen) atoms. The molecule has 1 aliphatic rings. The fourth-order valence-electron chi connectivity index (χ4n) is 4.37. The highest BCUT2D eigenvalue weighted by Gasteiger charge is 2.41. The first-order chi connectivity index (χ1) is 14.8. The highest BCUT2D eigenvalue weighted by Crippen LogP contribution is 2.36. The van der Waals surface area contributed by atoms with E-state index in [9.17, 15) is 14.4 Å². The van der Waals surface area contributed by atoms with Crippen LogP contribution < -0.4 is 5.32 Å². The number of nitrogens with one attached hydrogen (secondary N) is 1. The van der Waals surface area contributed by atoms with E-state index in [0.29, 0.717) is 37.4 Å². The van der Waals surface area contributed by atoms with Crippen molar-refractivity contribution in [1.29, 1.82) is 0 Å². The number of hydrogen-bond donors (Lipinski definition) is 1. The zero-order valence-corrected chi connectivity index (χ0v) is 18.7. The van der Waals surface area contributed by atoms with E-state index in [1.807, 2.05) is 42.5 Å². The summed E-state index contributed by atoms with van der Waals surface area (Å²) in [6.07, 6.45) is 2.17. The topological polar surface area (TPSA) is 66.5 Å². The van der Waals surface area contributed by atoms with E-state index in [0.717, 1.165) is 12.0 Å². The number of hydrogen-bond acceptors (Lipinski definition) is 3. The zero-order valence-electron chi connectivity index (χ0n) is 18.7. The first-order valence-corrected chi connectivity index (χ1v) is 11.0. The fraction of sp³-hybridized carbons (Fsp3) is 0.423. The van der Waals surface area contributed by atoms with E-state index in [1.54, 1.807) is 24.0 Å². The van der Waals surface area contributed by atoms with Gasteiger partial charge in [0, 0.05) is 18.7 Å². The number of likely N-dealkylation sites (tertiary alicyclic amines) is 1. The van der Waals surface area contributed by atoms with Gasteiger partial charge >= 0.3 is 0 Å². The van der Waals surface area contributed by atoms with Crippen LogP contribution >= 0.6 is 0 Å². The fourth-order valence-corrected chi connectivity index (χ4v) is 4.37. The number of piperidine rings is 1. The van der Waals surface area contributed by atoms with Gasteiger partial charge < -0.3 is 10.2 Å². The van der Waals surface area contributed by atoms with Gasteiger partial charge in [0.25, 0.3) is 5.91 Å². The van der Waals surface area contributed by atoms with E-state index in [1.165, 1.54) is 5.56 Å². The summed E-state index contributed by atoms with van der Waals surface area (Å²) in [7, 11) is 0. The Balaban J connectivity index is 1.54. The van der Waals surface area contributed by atoms with Crippen molar-refractivity contribution < 1.29 is 14.4 Å². The van der Waals surface area contributed by atoms with Crippen LogP contribution in [0.2, 0.25) is 0 Å². The summed E-state index contributed by atoms with van der Waals surface area (Å²) >= 11 is 0. The average Bonchev–Trinajstić information content (AvgIpc) is 2.78. The van der Waals surface area contributed by atoms with E-state index >= 15 is 0 Å². The van der Waals surface area contributed by atoms with Gasteiger partial charge in [-0.3, -0.25) is 14.4 Å². The molecule has 0 bridgehead atoms. The van der Waals surface area contributed by atoms with Crippen molar-refractivity contribution in [3.05, 3.63) is 71.3 Å². The van der Waals surface area contributed by atoms with E-state index in [2.05, 4.69) is 19.2 Å². The highest BCUT2D eigenvalue weighted by atomic mass is 16.2. The molecular formula is C26H32N2O3. The van der Waals surface area contributed by atoms with Crippen LogP contribution in [0.4, 0.5) is 0 Å². The first kappa shape index (κ1) is 22.7. The van der Waals surface area contributed by atoms with Gasteiger partial charge in [-0.15, -0.1) is 0 Å². The molecule has 0 aliphatic carbocycles. The largest absolute Gasteiger partial charge is 0.343 e. The Bertz CT molecular complexity index is 911. The van der Waals surface area contributed by atoms with Crippen molar-refractivity contribution in [2.24, 2.45) is 5.92 Å². The van der Waals surface area contributed by atoms with Gasteiger partial charge in [-0.2, -0.15) is 0 Å². The Hall–Kier alpha value is -2.95. The number of ketones is 1. The van der Waals surface area contributed by atoms with Crippen molar-refractivity contribution >= 4 is 17.6 Å². The molecule has 2 aromatic carbocycles. The molecule has 2 aromatic rings. The average molecular weight is 421 g/mol. The second-order valence-corrected chi connectivity index (χ2v) is 8.86. The molecule has 2 amide bonds. The van der Waals surface area contributed by atoms with Gasteiger partial charge in [-0.25, -0.2) is 0 Å². The molecule has 0 atom stereocenters. The highest BCUT2D eigenvalue weighted by molar-refractivity contribution is 5.96. The van der Waals surface area contributed by atoms with Gasteiger partial charge in [0.1, 0.15) is 5.78 Å². The molecule has 3 rings (SSSR count). The molecule has 0 aromatic heterocycles. The summed E-state index contributed by atoms with van der Waals surface area (Å²) in [6.45, 7) is 6.93. The monoisotopic (exact) mass is 420 g/mol. The molecule has 5 nitrogen and oxygen atoms in total. The zero-order chi connectivity index (χ0) is 22.4. The van der Waals surface area contributed by atoms with E-state index < -0.39 is 5.41 Å². The Morgan fingerprint density at radius 1 is 0.968 bits per heavy atom. The third-order valence-corrected chi connectivity index (χ3v) is 6.23. The van der Waals surface area contributed by atoms with Gasteiger partial charge in [-0.1, -0.05) is 56.3 Å². The van der Waals surface area contributed by atoms with Crippen LogP contribution in [0.25, 0.3) is 0 Å². The van der Waals surface area contributed by atoms with Crippen LogP contribution in [0.5, 0.6) is 0 Å². The van der Waals surface area contributed by atoms with Crippen molar-refractivity contribution in [2.45, 2.75) is 45.4 Å². The first-order valence-electron chi connectivity index (χ1n) is 11.0. The van der Waals surface area contributed by atoms with Gasteiger partial charge in [0.2, 0.25) is 5.91 Å². The summed E-state index contributed by atoms with van der Waals surface area (Å²) in [4.78, 5) is 39.3. The maximum atomic E-state index is 12.7. The Morgan fingerprint density at radius 2 is 1.58 bits per heavy atom. The lowest BCUT2D eigenvalue weighted by atomic mass is 9.70. The third kappa shape index (κ3) is 5.40.